The van der Waals surface area contributed by atoms with Gasteiger partial charge in [-0.25, -0.2) is 13.4 Å². The maximum atomic E-state index is 12.9. The lowest BCUT2D eigenvalue weighted by Crippen LogP contribution is -2.37. The van der Waals surface area contributed by atoms with Gasteiger partial charge in [-0.15, -0.1) is 0 Å². The Bertz CT molecular complexity index is 845. The van der Waals surface area contributed by atoms with Crippen molar-refractivity contribution in [2.24, 2.45) is 0 Å². The van der Waals surface area contributed by atoms with Gasteiger partial charge in [0.05, 0.1) is 17.6 Å². The van der Waals surface area contributed by atoms with Crippen LogP contribution >= 0.6 is 0 Å². The molecule has 0 radical (unpaired) electrons. The monoisotopic (exact) mass is 364 g/mol. The Morgan fingerprint density at radius 3 is 2.60 bits per heavy atom. The number of sulfonamides is 1. The van der Waals surface area contributed by atoms with Gasteiger partial charge in [0, 0.05) is 38.6 Å². The summed E-state index contributed by atoms with van der Waals surface area (Å²) in [5.41, 5.74) is 1.24. The second-order valence-corrected chi connectivity index (χ2v) is 7.78. The van der Waals surface area contributed by atoms with Crippen LogP contribution < -0.4 is 0 Å². The zero-order chi connectivity index (χ0) is 18.0. The van der Waals surface area contributed by atoms with Crippen molar-refractivity contribution in [3.05, 3.63) is 35.7 Å². The third-order valence-electron chi connectivity index (χ3n) is 4.18. The zero-order valence-electron chi connectivity index (χ0n) is 14.1. The van der Waals surface area contributed by atoms with E-state index in [-0.39, 0.29) is 23.0 Å². The van der Waals surface area contributed by atoms with E-state index in [0.717, 1.165) is 0 Å². The topological polar surface area (TPSA) is 112 Å². The lowest BCUT2D eigenvalue weighted by molar-refractivity contribution is 0.0758. The molecule has 0 saturated carbocycles. The maximum Gasteiger partial charge on any atom is 0.274 e. The van der Waals surface area contributed by atoms with E-state index in [0.29, 0.717) is 37.4 Å². The molecule has 0 spiro atoms. The normalized spacial score (nSPS) is 16.6. The smallest absolute Gasteiger partial charge is 0.274 e. The second-order valence-electron chi connectivity index (χ2n) is 5.90. The number of rotatable bonds is 3. The first-order valence-corrected chi connectivity index (χ1v) is 9.42. The Kier molecular flexibility index (Phi) is 4.82. The molecule has 2 aromatic heterocycles. The number of aromatic amines is 1. The highest BCUT2D eigenvalue weighted by Gasteiger charge is 2.32. The van der Waals surface area contributed by atoms with Crippen molar-refractivity contribution in [3.8, 4) is 0 Å². The van der Waals surface area contributed by atoms with Gasteiger partial charge in [-0.3, -0.25) is 14.9 Å². The first-order valence-electron chi connectivity index (χ1n) is 7.98. The van der Waals surface area contributed by atoms with E-state index in [9.17, 15) is 13.2 Å². The summed E-state index contributed by atoms with van der Waals surface area (Å²) in [6.45, 7) is 4.73. The predicted octanol–water partition coefficient (Wildman–Crippen LogP) is 0.353. The molecule has 2 aromatic rings. The van der Waals surface area contributed by atoms with Gasteiger partial charge in [0.1, 0.15) is 10.6 Å². The third-order valence-corrected chi connectivity index (χ3v) is 6.35. The number of aromatic nitrogens is 4. The molecule has 9 nitrogen and oxygen atoms in total. The molecule has 0 aromatic carbocycles. The van der Waals surface area contributed by atoms with E-state index >= 15 is 0 Å². The maximum absolute atomic E-state index is 12.9. The summed E-state index contributed by atoms with van der Waals surface area (Å²) in [4.78, 5) is 22.3. The Balaban J connectivity index is 1.77. The van der Waals surface area contributed by atoms with E-state index in [1.54, 1.807) is 18.7 Å². The number of amides is 1. The Morgan fingerprint density at radius 1 is 1.16 bits per heavy atom. The van der Waals surface area contributed by atoms with Crippen molar-refractivity contribution in [3.63, 3.8) is 0 Å². The minimum Gasteiger partial charge on any atom is -0.336 e. The van der Waals surface area contributed by atoms with Crippen LogP contribution in [0.5, 0.6) is 0 Å². The summed E-state index contributed by atoms with van der Waals surface area (Å²) in [7, 11) is -3.64. The lowest BCUT2D eigenvalue weighted by Gasteiger charge is -2.21. The Hall–Kier alpha value is -2.33. The summed E-state index contributed by atoms with van der Waals surface area (Å²) < 4.78 is 27.3. The molecule has 0 bridgehead atoms. The summed E-state index contributed by atoms with van der Waals surface area (Å²) in [6, 6.07) is 0. The molecule has 134 valence electrons. The molecule has 1 N–H and O–H groups in total. The van der Waals surface area contributed by atoms with Crippen LogP contribution in [0, 0.1) is 13.8 Å². The average molecular weight is 364 g/mol. The number of nitrogens with one attached hydrogen (secondary N) is 1. The second kappa shape index (κ2) is 6.89. The minimum atomic E-state index is -3.64. The highest BCUT2D eigenvalue weighted by molar-refractivity contribution is 7.89. The van der Waals surface area contributed by atoms with Gasteiger partial charge >= 0.3 is 0 Å². The molecule has 0 atom stereocenters. The molecule has 25 heavy (non-hydrogen) atoms. The fourth-order valence-corrected chi connectivity index (χ4v) is 4.76. The van der Waals surface area contributed by atoms with Crippen molar-refractivity contribution in [2.45, 2.75) is 25.2 Å². The van der Waals surface area contributed by atoms with Crippen molar-refractivity contribution < 1.29 is 13.2 Å². The van der Waals surface area contributed by atoms with Crippen LogP contribution in [0.4, 0.5) is 0 Å². The highest BCUT2D eigenvalue weighted by atomic mass is 32.2. The predicted molar refractivity (Wildman–Crippen MR) is 89.4 cm³/mol. The fraction of sp³-hybridized carbons (Fsp3) is 0.467. The van der Waals surface area contributed by atoms with Crippen molar-refractivity contribution in [1.29, 1.82) is 0 Å². The molecule has 1 fully saturated rings. The van der Waals surface area contributed by atoms with Crippen molar-refractivity contribution in [2.75, 3.05) is 26.2 Å². The van der Waals surface area contributed by atoms with Gasteiger partial charge in [-0.05, 0) is 20.3 Å². The molecule has 3 heterocycles. The van der Waals surface area contributed by atoms with Gasteiger partial charge < -0.3 is 4.90 Å². The first-order chi connectivity index (χ1) is 11.9. The van der Waals surface area contributed by atoms with E-state index in [1.807, 2.05) is 0 Å². The quantitative estimate of drug-likeness (QED) is 0.841. The molecular weight excluding hydrogens is 344 g/mol. The molecule has 1 amide bonds. The minimum absolute atomic E-state index is 0.223. The van der Waals surface area contributed by atoms with E-state index in [1.165, 1.54) is 22.9 Å². The average Bonchev–Trinajstić information content (AvgIpc) is 2.81. The molecular formula is C15H20N6O3S. The Morgan fingerprint density at radius 2 is 1.96 bits per heavy atom. The number of carbonyl (C=O) groups is 1. The molecule has 0 unspecified atom stereocenters. The number of aryl methyl sites for hydroxylation is 2. The number of nitrogens with zero attached hydrogens (tertiary/aromatic N) is 5. The van der Waals surface area contributed by atoms with Gasteiger partial charge in [-0.1, -0.05) is 0 Å². The number of hydrogen-bond acceptors (Lipinski definition) is 6. The molecule has 10 heteroatoms. The van der Waals surface area contributed by atoms with Crippen LogP contribution in [0.3, 0.4) is 0 Å². The molecule has 1 saturated heterocycles. The van der Waals surface area contributed by atoms with Crippen LogP contribution in [0.2, 0.25) is 0 Å². The summed E-state index contributed by atoms with van der Waals surface area (Å²) in [5.74, 6) is -0.233. The van der Waals surface area contributed by atoms with Gasteiger partial charge in [0.2, 0.25) is 10.0 Å². The van der Waals surface area contributed by atoms with Gasteiger partial charge in [-0.2, -0.15) is 9.40 Å². The number of H-pyrrole nitrogens is 1. The van der Waals surface area contributed by atoms with Crippen LogP contribution in [-0.4, -0.2) is 69.9 Å². The van der Waals surface area contributed by atoms with E-state index < -0.39 is 10.0 Å². The highest BCUT2D eigenvalue weighted by Crippen LogP contribution is 2.23. The first kappa shape index (κ1) is 17.5. The summed E-state index contributed by atoms with van der Waals surface area (Å²) in [6.07, 6.45) is 4.94. The van der Waals surface area contributed by atoms with Crippen molar-refractivity contribution >= 4 is 15.9 Å². The van der Waals surface area contributed by atoms with Crippen LogP contribution in [0.1, 0.15) is 28.3 Å². The van der Waals surface area contributed by atoms with Crippen LogP contribution in [0.25, 0.3) is 0 Å². The number of carbonyl (C=O) groups excluding carboxylic acids is 1. The summed E-state index contributed by atoms with van der Waals surface area (Å²) >= 11 is 0. The largest absolute Gasteiger partial charge is 0.336 e. The standard InChI is InChI=1S/C15H20N6O3S/c1-11-14(12(2)19-18-11)25(23,24)21-7-3-6-20(8-9-21)15(22)13-10-16-4-5-17-13/h4-5,10H,3,6-9H2,1-2H3,(H,18,19). The lowest BCUT2D eigenvalue weighted by atomic mass is 10.3. The molecule has 1 aliphatic rings. The Labute approximate surface area is 146 Å². The van der Waals surface area contributed by atoms with E-state index in [4.69, 9.17) is 0 Å². The molecule has 1 aliphatic heterocycles. The fourth-order valence-electron chi connectivity index (χ4n) is 2.96. The molecule has 0 aliphatic carbocycles. The van der Waals surface area contributed by atoms with Crippen molar-refractivity contribution in [1.82, 2.24) is 29.4 Å². The zero-order valence-corrected chi connectivity index (χ0v) is 15.0. The van der Waals surface area contributed by atoms with Gasteiger partial charge in [0.25, 0.3) is 5.91 Å². The molecule has 3 rings (SSSR count). The van der Waals surface area contributed by atoms with Gasteiger partial charge in [0.15, 0.2) is 0 Å². The SMILES string of the molecule is Cc1n[nH]c(C)c1S(=O)(=O)N1CCCN(C(=O)c2cnccn2)CC1. The summed E-state index contributed by atoms with van der Waals surface area (Å²) in [5, 5.41) is 6.68. The van der Waals surface area contributed by atoms with Crippen LogP contribution in [-0.2, 0) is 10.0 Å². The number of hydrogen-bond donors (Lipinski definition) is 1. The van der Waals surface area contributed by atoms with E-state index in [2.05, 4.69) is 20.2 Å². The third kappa shape index (κ3) is 3.40. The van der Waals surface area contributed by atoms with Crippen LogP contribution in [0.15, 0.2) is 23.5 Å².